The summed E-state index contributed by atoms with van der Waals surface area (Å²) in [6, 6.07) is 4.43. The smallest absolute Gasteiger partial charge is 0.346 e. The van der Waals surface area contributed by atoms with E-state index in [9.17, 15) is 18.0 Å². The summed E-state index contributed by atoms with van der Waals surface area (Å²) in [7, 11) is 1.22. The molecule has 0 spiro atoms. The number of ether oxygens (including phenoxy) is 3. The molecule has 1 amide bonds. The van der Waals surface area contributed by atoms with E-state index < -0.39 is 34.4 Å². The molecule has 1 fully saturated rings. The summed E-state index contributed by atoms with van der Waals surface area (Å²) in [6.45, 7) is -0.493. The van der Waals surface area contributed by atoms with Crippen LogP contribution in [0, 0.1) is 0 Å². The van der Waals surface area contributed by atoms with Crippen molar-refractivity contribution < 1.29 is 32.2 Å². The minimum atomic E-state index is -3.10. The van der Waals surface area contributed by atoms with Crippen molar-refractivity contribution in [1.29, 1.82) is 0 Å². The molecule has 9 heteroatoms. The van der Waals surface area contributed by atoms with Gasteiger partial charge in [-0.3, -0.25) is 4.79 Å². The van der Waals surface area contributed by atoms with Crippen LogP contribution in [0.3, 0.4) is 0 Å². The van der Waals surface area contributed by atoms with E-state index in [0.717, 1.165) is 0 Å². The topological polar surface area (TPSA) is 99.2 Å². The number of amides is 1. The molecule has 0 aliphatic carbocycles. The second-order valence-corrected chi connectivity index (χ2v) is 7.90. The first kappa shape index (κ1) is 19.0. The Bertz CT molecular complexity index is 737. The Morgan fingerprint density at radius 3 is 2.28 bits per heavy atom. The summed E-state index contributed by atoms with van der Waals surface area (Å²) in [5.74, 6) is -0.685. The van der Waals surface area contributed by atoms with Gasteiger partial charge in [0.2, 0.25) is 0 Å². The molecular weight excluding hydrogens is 350 g/mol. The molecule has 8 nitrogen and oxygen atoms in total. The Balaban J connectivity index is 2.02. The van der Waals surface area contributed by atoms with Crippen molar-refractivity contribution in [2.75, 3.05) is 39.4 Å². The summed E-state index contributed by atoms with van der Waals surface area (Å²) >= 11 is 0. The highest BCUT2D eigenvalue weighted by Gasteiger charge is 2.33. The van der Waals surface area contributed by atoms with E-state index in [-0.39, 0.29) is 28.6 Å². The van der Waals surface area contributed by atoms with Gasteiger partial charge >= 0.3 is 5.97 Å². The third-order valence-electron chi connectivity index (χ3n) is 4.11. The summed E-state index contributed by atoms with van der Waals surface area (Å²) < 4.78 is 38.3. The lowest BCUT2D eigenvalue weighted by Crippen LogP contribution is -2.40. The van der Waals surface area contributed by atoms with Gasteiger partial charge in [-0.05, 0) is 18.6 Å². The number of sulfone groups is 1. The maximum atomic E-state index is 12.3. The summed E-state index contributed by atoms with van der Waals surface area (Å²) in [6.07, 6.45) is 0.388. The van der Waals surface area contributed by atoms with Gasteiger partial charge in [0.05, 0.1) is 25.7 Å². The highest BCUT2D eigenvalue weighted by molar-refractivity contribution is 7.91. The Labute approximate surface area is 146 Å². The molecule has 1 aliphatic heterocycles. The predicted molar refractivity (Wildman–Crippen MR) is 89.7 cm³/mol. The van der Waals surface area contributed by atoms with Gasteiger partial charge < -0.3 is 19.1 Å². The Morgan fingerprint density at radius 1 is 1.20 bits per heavy atom. The lowest BCUT2D eigenvalue weighted by Gasteiger charge is -2.23. The zero-order valence-electron chi connectivity index (χ0n) is 14.4. The van der Waals surface area contributed by atoms with Gasteiger partial charge in [-0.2, -0.15) is 0 Å². The van der Waals surface area contributed by atoms with Gasteiger partial charge in [0.1, 0.15) is 17.1 Å². The molecule has 1 aromatic rings. The second-order valence-electron chi connectivity index (χ2n) is 5.68. The minimum Gasteiger partial charge on any atom is -0.496 e. The Hall–Kier alpha value is -2.29. The number of rotatable bonds is 6. The molecule has 0 radical (unpaired) electrons. The van der Waals surface area contributed by atoms with Crippen LogP contribution in [0.4, 0.5) is 0 Å². The van der Waals surface area contributed by atoms with Crippen molar-refractivity contribution in [3.63, 3.8) is 0 Å². The maximum absolute atomic E-state index is 12.3. The normalized spacial score (nSPS) is 18.4. The first-order valence-corrected chi connectivity index (χ1v) is 9.45. The number of benzene rings is 1. The number of carbonyl (C=O) groups is 2. The Morgan fingerprint density at radius 2 is 1.80 bits per heavy atom. The molecule has 1 atom stereocenters. The van der Waals surface area contributed by atoms with E-state index in [2.05, 4.69) is 0 Å². The first-order valence-electron chi connectivity index (χ1n) is 7.63. The number of nitrogens with zero attached hydrogens (tertiary/aromatic N) is 1. The number of likely N-dealkylation sites (N-methyl/N-ethyl adjacent to an activating group) is 1. The highest BCUT2D eigenvalue weighted by atomic mass is 32.2. The van der Waals surface area contributed by atoms with Crippen LogP contribution in [0.1, 0.15) is 16.8 Å². The fourth-order valence-corrected chi connectivity index (χ4v) is 4.41. The zero-order chi connectivity index (χ0) is 18.6. The van der Waals surface area contributed by atoms with Crippen LogP contribution in [-0.2, 0) is 19.4 Å². The number of methoxy groups -OCH3 is 2. The van der Waals surface area contributed by atoms with Crippen LogP contribution in [0.2, 0.25) is 0 Å². The third kappa shape index (κ3) is 4.41. The summed E-state index contributed by atoms with van der Waals surface area (Å²) in [5.41, 5.74) is 0.0893. The van der Waals surface area contributed by atoms with Gasteiger partial charge in [-0.25, -0.2) is 13.2 Å². The Kier molecular flexibility index (Phi) is 5.89. The van der Waals surface area contributed by atoms with Crippen LogP contribution < -0.4 is 9.47 Å². The predicted octanol–water partition coefficient (Wildman–Crippen LogP) is 0.506. The second kappa shape index (κ2) is 7.73. The number of esters is 1. The van der Waals surface area contributed by atoms with Crippen LogP contribution in [0.15, 0.2) is 18.2 Å². The maximum Gasteiger partial charge on any atom is 0.346 e. The van der Waals surface area contributed by atoms with E-state index in [1.807, 2.05) is 0 Å². The van der Waals surface area contributed by atoms with Crippen LogP contribution in [0.5, 0.6) is 11.5 Å². The van der Waals surface area contributed by atoms with Gasteiger partial charge in [0.15, 0.2) is 16.4 Å². The molecule has 1 unspecified atom stereocenters. The van der Waals surface area contributed by atoms with Gasteiger partial charge in [0.25, 0.3) is 5.91 Å². The molecule has 0 aromatic heterocycles. The van der Waals surface area contributed by atoms with Crippen LogP contribution in [0.25, 0.3) is 0 Å². The number of hydrogen-bond donors (Lipinski definition) is 0. The van der Waals surface area contributed by atoms with Crippen LogP contribution >= 0.6 is 0 Å². The van der Waals surface area contributed by atoms with E-state index in [0.29, 0.717) is 6.42 Å². The average Bonchev–Trinajstić information content (AvgIpc) is 2.97. The minimum absolute atomic E-state index is 0.0630. The summed E-state index contributed by atoms with van der Waals surface area (Å²) in [4.78, 5) is 25.8. The molecule has 0 bridgehead atoms. The monoisotopic (exact) mass is 371 g/mol. The van der Waals surface area contributed by atoms with E-state index in [4.69, 9.17) is 14.2 Å². The van der Waals surface area contributed by atoms with Crippen molar-refractivity contribution in [3.8, 4) is 11.5 Å². The van der Waals surface area contributed by atoms with E-state index in [1.54, 1.807) is 18.2 Å². The van der Waals surface area contributed by atoms with Crippen molar-refractivity contribution in [2.45, 2.75) is 12.5 Å². The average molecular weight is 371 g/mol. The SMILES string of the molecule is COc1cccc(OC)c1C(=O)OCC(=O)N(C)C1CCS(=O)(=O)C1. The van der Waals surface area contributed by atoms with E-state index in [1.165, 1.54) is 26.2 Å². The van der Waals surface area contributed by atoms with E-state index >= 15 is 0 Å². The largest absolute Gasteiger partial charge is 0.496 e. The molecule has 1 aromatic carbocycles. The molecule has 0 N–H and O–H groups in total. The number of hydrogen-bond acceptors (Lipinski definition) is 7. The molecule has 1 aliphatic rings. The lowest BCUT2D eigenvalue weighted by molar-refractivity contribution is -0.134. The molecule has 138 valence electrons. The molecule has 0 saturated carbocycles. The molecule has 1 saturated heterocycles. The first-order chi connectivity index (χ1) is 11.8. The fourth-order valence-electron chi connectivity index (χ4n) is 2.64. The third-order valence-corrected chi connectivity index (χ3v) is 5.86. The quantitative estimate of drug-likeness (QED) is 0.672. The van der Waals surface area contributed by atoms with Crippen molar-refractivity contribution in [3.05, 3.63) is 23.8 Å². The molecule has 1 heterocycles. The summed E-state index contributed by atoms with van der Waals surface area (Å²) in [5, 5.41) is 0. The molecule has 25 heavy (non-hydrogen) atoms. The van der Waals surface area contributed by atoms with Crippen LogP contribution in [-0.4, -0.2) is 70.6 Å². The fraction of sp³-hybridized carbons (Fsp3) is 0.500. The number of carbonyl (C=O) groups excluding carboxylic acids is 2. The van der Waals surface area contributed by atoms with Crippen molar-refractivity contribution in [1.82, 2.24) is 4.90 Å². The lowest BCUT2D eigenvalue weighted by atomic mass is 10.2. The van der Waals surface area contributed by atoms with Gasteiger partial charge in [-0.15, -0.1) is 0 Å². The standard InChI is InChI=1S/C16H21NO7S/c1-17(11-7-8-25(20,21)10-11)14(18)9-24-16(19)15-12(22-2)5-4-6-13(15)23-3/h4-6,11H,7-10H2,1-3H3. The van der Waals surface area contributed by atoms with Crippen molar-refractivity contribution >= 4 is 21.7 Å². The van der Waals surface area contributed by atoms with Gasteiger partial charge in [-0.1, -0.05) is 6.07 Å². The molecular formula is C16H21NO7S. The molecule has 2 rings (SSSR count). The zero-order valence-corrected chi connectivity index (χ0v) is 15.2. The van der Waals surface area contributed by atoms with Gasteiger partial charge in [0, 0.05) is 13.1 Å². The van der Waals surface area contributed by atoms with Crippen molar-refractivity contribution in [2.24, 2.45) is 0 Å². The highest BCUT2D eigenvalue weighted by Crippen LogP contribution is 2.28.